The van der Waals surface area contributed by atoms with E-state index >= 15 is 0 Å². The number of hydrogen-bond donors (Lipinski definition) is 0. The lowest BCUT2D eigenvalue weighted by Crippen LogP contribution is -2.54. The van der Waals surface area contributed by atoms with Crippen molar-refractivity contribution in [3.05, 3.63) is 29.0 Å². The number of rotatable bonds is 5. The number of hydrogen-bond acceptors (Lipinski definition) is 3. The van der Waals surface area contributed by atoms with Crippen LogP contribution >= 0.6 is 11.6 Å². The molecule has 1 aromatic rings. The van der Waals surface area contributed by atoms with Gasteiger partial charge in [-0.3, -0.25) is 9.59 Å². The molecule has 1 aromatic carbocycles. The maximum atomic E-state index is 13.4. The van der Waals surface area contributed by atoms with Gasteiger partial charge >= 0.3 is 0 Å². The fourth-order valence-electron chi connectivity index (χ4n) is 3.48. The third-order valence-corrected chi connectivity index (χ3v) is 5.43. The first-order valence-electron chi connectivity index (χ1n) is 8.90. The van der Waals surface area contributed by atoms with Crippen LogP contribution in [0.3, 0.4) is 0 Å². The molecule has 0 spiro atoms. The van der Waals surface area contributed by atoms with E-state index in [0.29, 0.717) is 26.1 Å². The van der Waals surface area contributed by atoms with Crippen molar-refractivity contribution in [3.63, 3.8) is 0 Å². The molecule has 1 saturated heterocycles. The molecule has 6 heteroatoms. The quantitative estimate of drug-likeness (QED) is 0.800. The van der Waals surface area contributed by atoms with Crippen LogP contribution in [-0.4, -0.2) is 42.3 Å². The zero-order valence-electron chi connectivity index (χ0n) is 14.7. The standard InChI is InChI=1S/C19H24ClFN2O2/c1-12(9-18(24)14-3-4-14)19(25)22-7-8-23(13(2)11-22)15-5-6-17(21)16(20)10-15/h5-6,10,12-14H,3-4,7-9,11H2,1-2H3/t12?,13-/m0/s1. The normalized spacial score (nSPS) is 22.0. The van der Waals surface area contributed by atoms with Gasteiger partial charge in [-0.05, 0) is 38.0 Å². The number of carbonyl (C=O) groups is 2. The largest absolute Gasteiger partial charge is 0.365 e. The van der Waals surface area contributed by atoms with Crippen molar-refractivity contribution in [2.24, 2.45) is 11.8 Å². The van der Waals surface area contributed by atoms with E-state index < -0.39 is 5.82 Å². The van der Waals surface area contributed by atoms with Gasteiger partial charge in [0, 0.05) is 49.6 Å². The average molecular weight is 367 g/mol. The van der Waals surface area contributed by atoms with Gasteiger partial charge in [0.1, 0.15) is 11.6 Å². The van der Waals surface area contributed by atoms with Gasteiger partial charge in [0.2, 0.25) is 5.91 Å². The smallest absolute Gasteiger partial charge is 0.225 e. The van der Waals surface area contributed by atoms with E-state index in [4.69, 9.17) is 11.6 Å². The first kappa shape index (κ1) is 18.2. The minimum Gasteiger partial charge on any atom is -0.365 e. The molecule has 2 fully saturated rings. The minimum atomic E-state index is -0.430. The lowest BCUT2D eigenvalue weighted by atomic mass is 9.99. The monoisotopic (exact) mass is 366 g/mol. The van der Waals surface area contributed by atoms with Gasteiger partial charge in [-0.1, -0.05) is 18.5 Å². The highest BCUT2D eigenvalue weighted by Crippen LogP contribution is 2.32. The number of benzene rings is 1. The molecule has 1 saturated carbocycles. The Balaban J connectivity index is 1.59. The summed E-state index contributed by atoms with van der Waals surface area (Å²) < 4.78 is 13.4. The molecule has 25 heavy (non-hydrogen) atoms. The summed E-state index contributed by atoms with van der Waals surface area (Å²) in [6, 6.07) is 4.81. The van der Waals surface area contributed by atoms with Gasteiger partial charge in [-0.15, -0.1) is 0 Å². The van der Waals surface area contributed by atoms with E-state index in [2.05, 4.69) is 4.90 Å². The summed E-state index contributed by atoms with van der Waals surface area (Å²) in [7, 11) is 0. The number of amides is 1. The third-order valence-electron chi connectivity index (χ3n) is 5.14. The van der Waals surface area contributed by atoms with Gasteiger partial charge in [0.25, 0.3) is 0 Å². The van der Waals surface area contributed by atoms with Crippen molar-refractivity contribution in [2.75, 3.05) is 24.5 Å². The molecule has 2 aliphatic rings. The SMILES string of the molecule is CC(CC(=O)C1CC1)C(=O)N1CCN(c2ccc(F)c(Cl)c2)[C@@H](C)C1. The summed E-state index contributed by atoms with van der Waals surface area (Å²) in [5.74, 6) is -0.200. The second-order valence-corrected chi connectivity index (χ2v) is 7.68. The van der Waals surface area contributed by atoms with E-state index in [9.17, 15) is 14.0 Å². The summed E-state index contributed by atoms with van der Waals surface area (Å²) >= 11 is 5.88. The Bertz CT molecular complexity index is 677. The Morgan fingerprint density at radius 1 is 1.32 bits per heavy atom. The Labute approximate surface area is 152 Å². The van der Waals surface area contributed by atoms with Gasteiger partial charge in [-0.2, -0.15) is 0 Å². The maximum Gasteiger partial charge on any atom is 0.225 e. The summed E-state index contributed by atoms with van der Waals surface area (Å²) in [6.45, 7) is 5.74. The van der Waals surface area contributed by atoms with Crippen molar-refractivity contribution in [1.82, 2.24) is 4.90 Å². The summed E-state index contributed by atoms with van der Waals surface area (Å²) in [6.07, 6.45) is 2.32. The zero-order chi connectivity index (χ0) is 18.1. The van der Waals surface area contributed by atoms with E-state index in [-0.39, 0.29) is 34.6 Å². The fourth-order valence-corrected chi connectivity index (χ4v) is 3.65. The van der Waals surface area contributed by atoms with Crippen LogP contribution in [0.1, 0.15) is 33.1 Å². The minimum absolute atomic E-state index is 0.0534. The molecular formula is C19H24ClFN2O2. The van der Waals surface area contributed by atoms with Crippen LogP contribution in [0.4, 0.5) is 10.1 Å². The maximum absolute atomic E-state index is 13.4. The van der Waals surface area contributed by atoms with Crippen LogP contribution in [0.15, 0.2) is 18.2 Å². The fraction of sp³-hybridized carbons (Fsp3) is 0.579. The Morgan fingerprint density at radius 3 is 2.64 bits per heavy atom. The Morgan fingerprint density at radius 2 is 2.04 bits per heavy atom. The lowest BCUT2D eigenvalue weighted by Gasteiger charge is -2.42. The Hall–Kier alpha value is -1.62. The zero-order valence-corrected chi connectivity index (χ0v) is 15.4. The molecule has 3 rings (SSSR count). The molecule has 1 amide bonds. The van der Waals surface area contributed by atoms with E-state index in [1.807, 2.05) is 18.7 Å². The predicted octanol–water partition coefficient (Wildman–Crippen LogP) is 3.52. The molecule has 1 unspecified atom stereocenters. The number of piperazine rings is 1. The van der Waals surface area contributed by atoms with Crippen molar-refractivity contribution in [2.45, 2.75) is 39.2 Å². The summed E-state index contributed by atoms with van der Waals surface area (Å²) in [5.41, 5.74) is 0.864. The summed E-state index contributed by atoms with van der Waals surface area (Å²) in [4.78, 5) is 28.6. The van der Waals surface area contributed by atoms with Crippen molar-refractivity contribution in [3.8, 4) is 0 Å². The molecule has 0 bridgehead atoms. The first-order chi connectivity index (χ1) is 11.9. The second-order valence-electron chi connectivity index (χ2n) is 7.27. The third kappa shape index (κ3) is 4.14. The molecule has 0 N–H and O–H groups in total. The van der Waals surface area contributed by atoms with Crippen LogP contribution in [0.5, 0.6) is 0 Å². The number of ketones is 1. The molecule has 0 radical (unpaired) electrons. The number of anilines is 1. The first-order valence-corrected chi connectivity index (χ1v) is 9.27. The number of nitrogens with zero attached hydrogens (tertiary/aromatic N) is 2. The van der Waals surface area contributed by atoms with Gasteiger partial charge in [0.05, 0.1) is 5.02 Å². The van der Waals surface area contributed by atoms with Crippen LogP contribution in [0.2, 0.25) is 5.02 Å². The van der Waals surface area contributed by atoms with Gasteiger partial charge in [-0.25, -0.2) is 4.39 Å². The summed E-state index contributed by atoms with van der Waals surface area (Å²) in [5, 5.41) is 0.107. The number of carbonyl (C=O) groups excluding carboxylic acids is 2. The van der Waals surface area contributed by atoms with Crippen LogP contribution < -0.4 is 4.90 Å². The van der Waals surface area contributed by atoms with Crippen molar-refractivity contribution >= 4 is 29.0 Å². The molecule has 136 valence electrons. The average Bonchev–Trinajstić information content (AvgIpc) is 3.41. The highest BCUT2D eigenvalue weighted by molar-refractivity contribution is 6.31. The molecule has 2 atom stereocenters. The molecule has 4 nitrogen and oxygen atoms in total. The van der Waals surface area contributed by atoms with Crippen LogP contribution in [0, 0.1) is 17.7 Å². The van der Waals surface area contributed by atoms with Gasteiger partial charge < -0.3 is 9.80 Å². The van der Waals surface area contributed by atoms with E-state index in [1.54, 1.807) is 12.1 Å². The topological polar surface area (TPSA) is 40.6 Å². The van der Waals surface area contributed by atoms with Gasteiger partial charge in [0.15, 0.2) is 0 Å². The van der Waals surface area contributed by atoms with Crippen molar-refractivity contribution in [1.29, 1.82) is 0 Å². The molecule has 1 aliphatic heterocycles. The number of halogens is 2. The predicted molar refractivity (Wildman–Crippen MR) is 96.3 cm³/mol. The van der Waals surface area contributed by atoms with E-state index in [1.165, 1.54) is 6.07 Å². The van der Waals surface area contributed by atoms with Crippen molar-refractivity contribution < 1.29 is 14.0 Å². The Kier molecular flexibility index (Phi) is 5.32. The second kappa shape index (κ2) is 7.32. The lowest BCUT2D eigenvalue weighted by molar-refractivity contribution is -0.138. The van der Waals surface area contributed by atoms with Crippen LogP contribution in [0.25, 0.3) is 0 Å². The molecule has 0 aromatic heterocycles. The highest BCUT2D eigenvalue weighted by atomic mass is 35.5. The van der Waals surface area contributed by atoms with E-state index in [0.717, 1.165) is 18.5 Å². The molecule has 1 heterocycles. The molecule has 1 aliphatic carbocycles. The number of Topliss-reactive ketones (excluding diaryl/α,β-unsaturated/α-hetero) is 1. The highest BCUT2D eigenvalue weighted by Gasteiger charge is 2.34. The van der Waals surface area contributed by atoms with Crippen LogP contribution in [-0.2, 0) is 9.59 Å². The molecular weight excluding hydrogens is 343 g/mol.